The molecule has 1 aliphatic rings. The van der Waals surface area contributed by atoms with Gasteiger partial charge in [-0.05, 0) is 43.7 Å². The van der Waals surface area contributed by atoms with Crippen LogP contribution >= 0.6 is 0 Å². The standard InChI is InChI=1S/C21H20N4O5S/c1-14(21(27)24-16-7-4-6-15(12-16)13-22)30-19(26)10-5-11-23-20-17-8-2-3-9-18(17)31(28,29)25-20/h2-4,6-9,12,14H,5,10-11H2,1H3,(H,23,25)(H,24,27). The first-order valence-corrected chi connectivity index (χ1v) is 11.0. The van der Waals surface area contributed by atoms with Crippen LogP contribution in [-0.2, 0) is 24.3 Å². The number of rotatable bonds is 7. The Morgan fingerprint density at radius 1 is 1.23 bits per heavy atom. The molecule has 1 heterocycles. The highest BCUT2D eigenvalue weighted by molar-refractivity contribution is 7.90. The minimum atomic E-state index is -3.60. The lowest BCUT2D eigenvalue weighted by atomic mass is 10.2. The molecule has 2 N–H and O–H groups in total. The van der Waals surface area contributed by atoms with E-state index in [1.165, 1.54) is 19.1 Å². The van der Waals surface area contributed by atoms with Crippen LogP contribution in [0.4, 0.5) is 5.69 Å². The number of benzene rings is 2. The quantitative estimate of drug-likeness (QED) is 0.499. The van der Waals surface area contributed by atoms with Crippen LogP contribution < -0.4 is 10.0 Å². The third-order valence-electron chi connectivity index (χ3n) is 4.41. The van der Waals surface area contributed by atoms with E-state index < -0.39 is 28.0 Å². The number of nitriles is 1. The van der Waals surface area contributed by atoms with E-state index in [-0.39, 0.29) is 23.7 Å². The summed E-state index contributed by atoms with van der Waals surface area (Å²) >= 11 is 0. The second kappa shape index (κ2) is 9.40. The lowest BCUT2D eigenvalue weighted by molar-refractivity contribution is -0.153. The highest BCUT2D eigenvalue weighted by Gasteiger charge is 2.29. The Balaban J connectivity index is 1.47. The molecule has 31 heavy (non-hydrogen) atoms. The summed E-state index contributed by atoms with van der Waals surface area (Å²) in [5.41, 5.74) is 1.33. The van der Waals surface area contributed by atoms with E-state index in [0.29, 0.717) is 23.2 Å². The Hall–Kier alpha value is -3.71. The molecule has 0 fully saturated rings. The van der Waals surface area contributed by atoms with Crippen molar-refractivity contribution >= 4 is 33.4 Å². The van der Waals surface area contributed by atoms with E-state index in [1.807, 2.05) is 6.07 Å². The minimum absolute atomic E-state index is 0.0205. The van der Waals surface area contributed by atoms with Crippen molar-refractivity contribution in [3.05, 3.63) is 59.7 Å². The SMILES string of the molecule is CC(OC(=O)CCCN=C1NS(=O)(=O)c2ccccc21)C(=O)Nc1cccc(C#N)c1. The first-order chi connectivity index (χ1) is 14.8. The largest absolute Gasteiger partial charge is 0.453 e. The third-order valence-corrected chi connectivity index (χ3v) is 5.81. The molecular weight excluding hydrogens is 420 g/mol. The molecule has 0 saturated heterocycles. The maximum absolute atomic E-state index is 12.2. The molecule has 0 aromatic heterocycles. The van der Waals surface area contributed by atoms with Gasteiger partial charge in [0.15, 0.2) is 6.10 Å². The van der Waals surface area contributed by atoms with Gasteiger partial charge in [0, 0.05) is 24.2 Å². The van der Waals surface area contributed by atoms with Gasteiger partial charge in [-0.15, -0.1) is 0 Å². The molecule has 0 saturated carbocycles. The maximum atomic E-state index is 12.2. The Kier molecular flexibility index (Phi) is 6.67. The fraction of sp³-hybridized carbons (Fsp3) is 0.238. The molecule has 1 aliphatic heterocycles. The lowest BCUT2D eigenvalue weighted by Crippen LogP contribution is -2.30. The number of nitrogens with one attached hydrogen (secondary N) is 2. The van der Waals surface area contributed by atoms with Gasteiger partial charge >= 0.3 is 5.97 Å². The number of ether oxygens (including phenoxy) is 1. The molecule has 9 nitrogen and oxygen atoms in total. The predicted molar refractivity (Wildman–Crippen MR) is 113 cm³/mol. The number of amides is 1. The van der Waals surface area contributed by atoms with Gasteiger partial charge in [-0.3, -0.25) is 19.3 Å². The van der Waals surface area contributed by atoms with Gasteiger partial charge in [-0.2, -0.15) is 5.26 Å². The summed E-state index contributed by atoms with van der Waals surface area (Å²) in [7, 11) is -3.60. The van der Waals surface area contributed by atoms with Crippen LogP contribution in [0.15, 0.2) is 58.4 Å². The van der Waals surface area contributed by atoms with Crippen molar-refractivity contribution in [1.29, 1.82) is 5.26 Å². The van der Waals surface area contributed by atoms with Gasteiger partial charge in [0.05, 0.1) is 16.5 Å². The van der Waals surface area contributed by atoms with Gasteiger partial charge in [0.2, 0.25) is 0 Å². The number of nitrogens with zero attached hydrogens (tertiary/aromatic N) is 2. The summed E-state index contributed by atoms with van der Waals surface area (Å²) in [6, 6.07) is 14.9. The van der Waals surface area contributed by atoms with E-state index >= 15 is 0 Å². The van der Waals surface area contributed by atoms with Crippen LogP contribution in [0.25, 0.3) is 0 Å². The highest BCUT2D eigenvalue weighted by Crippen LogP contribution is 2.22. The topological polar surface area (TPSA) is 138 Å². The van der Waals surface area contributed by atoms with E-state index in [4.69, 9.17) is 10.00 Å². The Bertz CT molecular complexity index is 1180. The van der Waals surface area contributed by atoms with Gasteiger partial charge < -0.3 is 10.1 Å². The van der Waals surface area contributed by atoms with Crippen molar-refractivity contribution in [2.75, 3.05) is 11.9 Å². The molecule has 10 heteroatoms. The van der Waals surface area contributed by atoms with Gasteiger partial charge in [0.25, 0.3) is 15.9 Å². The van der Waals surface area contributed by atoms with E-state index in [9.17, 15) is 18.0 Å². The van der Waals surface area contributed by atoms with Crippen molar-refractivity contribution in [2.45, 2.75) is 30.8 Å². The molecule has 0 bridgehead atoms. The number of esters is 1. The highest BCUT2D eigenvalue weighted by atomic mass is 32.2. The summed E-state index contributed by atoms with van der Waals surface area (Å²) < 4.78 is 31.6. The fourth-order valence-electron chi connectivity index (χ4n) is 2.89. The second-order valence-electron chi connectivity index (χ2n) is 6.75. The molecular formula is C21H20N4O5S. The van der Waals surface area contributed by atoms with Crippen molar-refractivity contribution in [2.24, 2.45) is 4.99 Å². The number of sulfonamides is 1. The number of fused-ring (bicyclic) bond motifs is 1. The molecule has 2 aromatic rings. The second-order valence-corrected chi connectivity index (χ2v) is 8.40. The maximum Gasteiger partial charge on any atom is 0.306 e. The molecule has 2 aromatic carbocycles. The molecule has 0 aliphatic carbocycles. The number of hydrogen-bond acceptors (Lipinski definition) is 7. The van der Waals surface area contributed by atoms with Crippen molar-refractivity contribution in [1.82, 2.24) is 4.72 Å². The Labute approximate surface area is 179 Å². The summed E-state index contributed by atoms with van der Waals surface area (Å²) in [4.78, 5) is 28.6. The van der Waals surface area contributed by atoms with E-state index in [0.717, 1.165) is 0 Å². The molecule has 3 rings (SSSR count). The van der Waals surface area contributed by atoms with Crippen LogP contribution in [0.5, 0.6) is 0 Å². The molecule has 0 radical (unpaired) electrons. The monoisotopic (exact) mass is 440 g/mol. The number of amidine groups is 1. The summed E-state index contributed by atoms with van der Waals surface area (Å²) in [6.45, 7) is 1.66. The number of carbonyl (C=O) groups is 2. The van der Waals surface area contributed by atoms with Crippen LogP contribution in [-0.4, -0.2) is 38.8 Å². The van der Waals surface area contributed by atoms with Gasteiger partial charge in [0.1, 0.15) is 5.84 Å². The Morgan fingerprint density at radius 3 is 2.77 bits per heavy atom. The zero-order valence-electron chi connectivity index (χ0n) is 16.7. The zero-order valence-corrected chi connectivity index (χ0v) is 17.5. The normalized spacial score (nSPS) is 15.9. The molecule has 160 valence electrons. The first kappa shape index (κ1) is 22.0. The average Bonchev–Trinajstić information content (AvgIpc) is 3.01. The summed E-state index contributed by atoms with van der Waals surface area (Å²) in [6.07, 6.45) is -0.671. The average molecular weight is 440 g/mol. The van der Waals surface area contributed by atoms with Crippen molar-refractivity contribution in [3.63, 3.8) is 0 Å². The van der Waals surface area contributed by atoms with Crippen LogP contribution in [0.3, 0.4) is 0 Å². The van der Waals surface area contributed by atoms with Crippen LogP contribution in [0.1, 0.15) is 30.9 Å². The van der Waals surface area contributed by atoms with E-state index in [1.54, 1.807) is 36.4 Å². The molecule has 1 amide bonds. The van der Waals surface area contributed by atoms with Crippen LogP contribution in [0.2, 0.25) is 0 Å². The zero-order chi connectivity index (χ0) is 22.4. The van der Waals surface area contributed by atoms with Crippen molar-refractivity contribution in [3.8, 4) is 6.07 Å². The number of anilines is 1. The fourth-order valence-corrected chi connectivity index (χ4v) is 4.14. The van der Waals surface area contributed by atoms with Crippen molar-refractivity contribution < 1.29 is 22.7 Å². The minimum Gasteiger partial charge on any atom is -0.453 e. The van der Waals surface area contributed by atoms with Gasteiger partial charge in [-0.25, -0.2) is 8.42 Å². The molecule has 1 atom stereocenters. The number of carbonyl (C=O) groups excluding carboxylic acids is 2. The smallest absolute Gasteiger partial charge is 0.306 e. The lowest BCUT2D eigenvalue weighted by Gasteiger charge is -2.13. The van der Waals surface area contributed by atoms with Crippen LogP contribution in [0, 0.1) is 11.3 Å². The molecule has 0 spiro atoms. The first-order valence-electron chi connectivity index (χ1n) is 9.47. The predicted octanol–water partition coefficient (Wildman–Crippen LogP) is 1.95. The molecule has 1 unspecified atom stereocenters. The summed E-state index contributed by atoms with van der Waals surface area (Å²) in [5, 5.41) is 11.5. The Morgan fingerprint density at radius 2 is 2.00 bits per heavy atom. The van der Waals surface area contributed by atoms with Gasteiger partial charge in [-0.1, -0.05) is 18.2 Å². The summed E-state index contributed by atoms with van der Waals surface area (Å²) in [5.74, 6) is -0.835. The number of hydrogen-bond donors (Lipinski definition) is 2. The van der Waals surface area contributed by atoms with E-state index in [2.05, 4.69) is 15.0 Å². The third kappa shape index (κ3) is 5.46. The number of aliphatic imine (C=N–C) groups is 1.